The van der Waals surface area contributed by atoms with Crippen LogP contribution in [-0.2, 0) is 11.3 Å². The molecule has 1 rings (SSSR count). The highest BCUT2D eigenvalue weighted by molar-refractivity contribution is 5.87. The van der Waals surface area contributed by atoms with E-state index < -0.39 is 11.5 Å². The van der Waals surface area contributed by atoms with Crippen LogP contribution in [0.1, 0.15) is 42.7 Å². The zero-order valence-electron chi connectivity index (χ0n) is 12.0. The number of hydrogen-bond donors (Lipinski definition) is 2. The van der Waals surface area contributed by atoms with Gasteiger partial charge in [-0.2, -0.15) is 0 Å². The predicted molar refractivity (Wildman–Crippen MR) is 74.9 cm³/mol. The van der Waals surface area contributed by atoms with Crippen LogP contribution in [-0.4, -0.2) is 27.6 Å². The number of nitrogens with one attached hydrogen (secondary N) is 1. The van der Waals surface area contributed by atoms with Crippen molar-refractivity contribution in [2.75, 3.05) is 0 Å². The SMILES string of the molecule is CCCC(C)NC(=O)Cn1c(C)ccc(C(=O)O)c1=O. The number of carboxylic acids is 1. The Balaban J connectivity index is 2.92. The number of pyridine rings is 1. The first-order valence-corrected chi connectivity index (χ1v) is 6.60. The first-order valence-electron chi connectivity index (χ1n) is 6.60. The zero-order valence-corrected chi connectivity index (χ0v) is 12.0. The highest BCUT2D eigenvalue weighted by atomic mass is 16.4. The lowest BCUT2D eigenvalue weighted by atomic mass is 10.2. The molecule has 20 heavy (non-hydrogen) atoms. The summed E-state index contributed by atoms with van der Waals surface area (Å²) in [5, 5.41) is 11.7. The molecule has 0 radical (unpaired) electrons. The molecule has 0 spiro atoms. The summed E-state index contributed by atoms with van der Waals surface area (Å²) in [4.78, 5) is 34.8. The van der Waals surface area contributed by atoms with E-state index in [1.165, 1.54) is 16.7 Å². The fraction of sp³-hybridized carbons (Fsp3) is 0.500. The molecular weight excluding hydrogens is 260 g/mol. The Bertz CT molecular complexity index is 563. The van der Waals surface area contributed by atoms with E-state index in [1.54, 1.807) is 6.92 Å². The van der Waals surface area contributed by atoms with E-state index in [9.17, 15) is 14.4 Å². The topological polar surface area (TPSA) is 88.4 Å². The Labute approximate surface area is 117 Å². The number of carbonyl (C=O) groups excluding carboxylic acids is 1. The second-order valence-electron chi connectivity index (χ2n) is 4.84. The van der Waals surface area contributed by atoms with Gasteiger partial charge in [-0.3, -0.25) is 9.59 Å². The van der Waals surface area contributed by atoms with Gasteiger partial charge in [-0.25, -0.2) is 4.79 Å². The molecule has 2 N–H and O–H groups in total. The molecule has 6 nitrogen and oxygen atoms in total. The average molecular weight is 280 g/mol. The fourth-order valence-corrected chi connectivity index (χ4v) is 2.00. The monoisotopic (exact) mass is 280 g/mol. The van der Waals surface area contributed by atoms with Gasteiger partial charge >= 0.3 is 5.97 Å². The van der Waals surface area contributed by atoms with Crippen molar-refractivity contribution in [1.29, 1.82) is 0 Å². The maximum atomic E-state index is 12.0. The second-order valence-corrected chi connectivity index (χ2v) is 4.84. The summed E-state index contributed by atoms with van der Waals surface area (Å²) >= 11 is 0. The van der Waals surface area contributed by atoms with Crippen LogP contribution in [0.25, 0.3) is 0 Å². The van der Waals surface area contributed by atoms with Crippen molar-refractivity contribution in [3.63, 3.8) is 0 Å². The Morgan fingerprint density at radius 1 is 1.40 bits per heavy atom. The van der Waals surface area contributed by atoms with Crippen molar-refractivity contribution in [2.45, 2.75) is 46.2 Å². The van der Waals surface area contributed by atoms with Gasteiger partial charge in [0.2, 0.25) is 5.91 Å². The number of carboxylic acid groups (broad SMARTS) is 1. The quantitative estimate of drug-likeness (QED) is 0.818. The number of aromatic nitrogens is 1. The van der Waals surface area contributed by atoms with Crippen molar-refractivity contribution in [2.24, 2.45) is 0 Å². The van der Waals surface area contributed by atoms with E-state index >= 15 is 0 Å². The normalized spacial score (nSPS) is 11.9. The van der Waals surface area contributed by atoms with E-state index in [1.807, 2.05) is 13.8 Å². The molecule has 0 aliphatic heterocycles. The van der Waals surface area contributed by atoms with Gasteiger partial charge in [-0.05, 0) is 32.4 Å². The zero-order chi connectivity index (χ0) is 15.3. The molecule has 0 fully saturated rings. The van der Waals surface area contributed by atoms with Crippen molar-refractivity contribution < 1.29 is 14.7 Å². The van der Waals surface area contributed by atoms with Crippen LogP contribution in [0, 0.1) is 6.92 Å². The van der Waals surface area contributed by atoms with Crippen molar-refractivity contribution in [3.05, 3.63) is 33.7 Å². The summed E-state index contributed by atoms with van der Waals surface area (Å²) in [5.74, 6) is -1.58. The Morgan fingerprint density at radius 2 is 2.05 bits per heavy atom. The lowest BCUT2D eigenvalue weighted by Gasteiger charge is -2.15. The van der Waals surface area contributed by atoms with Gasteiger partial charge in [0.25, 0.3) is 5.56 Å². The van der Waals surface area contributed by atoms with Crippen LogP contribution in [0.3, 0.4) is 0 Å². The molecule has 0 aliphatic rings. The van der Waals surface area contributed by atoms with E-state index in [2.05, 4.69) is 5.32 Å². The minimum Gasteiger partial charge on any atom is -0.477 e. The molecule has 1 atom stereocenters. The van der Waals surface area contributed by atoms with Gasteiger partial charge in [0.15, 0.2) is 0 Å². The maximum Gasteiger partial charge on any atom is 0.341 e. The second kappa shape index (κ2) is 6.88. The smallest absolute Gasteiger partial charge is 0.341 e. The molecule has 1 unspecified atom stereocenters. The molecular formula is C14H20N2O4. The first-order chi connectivity index (χ1) is 9.36. The van der Waals surface area contributed by atoms with Gasteiger partial charge in [0.1, 0.15) is 12.1 Å². The molecule has 0 saturated carbocycles. The Hall–Kier alpha value is -2.11. The predicted octanol–water partition coefficient (Wildman–Crippen LogP) is 1.16. The third-order valence-electron chi connectivity index (χ3n) is 3.05. The number of nitrogens with zero attached hydrogens (tertiary/aromatic N) is 1. The number of carbonyl (C=O) groups is 2. The third-order valence-corrected chi connectivity index (χ3v) is 3.05. The number of rotatable bonds is 6. The molecule has 1 heterocycles. The van der Waals surface area contributed by atoms with Gasteiger partial charge < -0.3 is 15.0 Å². The summed E-state index contributed by atoms with van der Waals surface area (Å²) in [6.07, 6.45) is 1.81. The molecule has 110 valence electrons. The third kappa shape index (κ3) is 3.94. The van der Waals surface area contributed by atoms with Crippen LogP contribution in [0.4, 0.5) is 0 Å². The van der Waals surface area contributed by atoms with Crippen LogP contribution in [0.15, 0.2) is 16.9 Å². The molecule has 0 aliphatic carbocycles. The summed E-state index contributed by atoms with van der Waals surface area (Å²) in [6.45, 7) is 5.41. The number of aromatic carboxylic acids is 1. The van der Waals surface area contributed by atoms with Crippen molar-refractivity contribution in [3.8, 4) is 0 Å². The summed E-state index contributed by atoms with van der Waals surface area (Å²) < 4.78 is 1.18. The van der Waals surface area contributed by atoms with Gasteiger partial charge in [0.05, 0.1) is 0 Å². The molecule has 1 aromatic rings. The van der Waals surface area contributed by atoms with Gasteiger partial charge in [0, 0.05) is 11.7 Å². The van der Waals surface area contributed by atoms with Crippen LogP contribution in [0.5, 0.6) is 0 Å². The maximum absolute atomic E-state index is 12.0. The average Bonchev–Trinajstić information content (AvgIpc) is 2.34. The van der Waals surface area contributed by atoms with Crippen molar-refractivity contribution in [1.82, 2.24) is 9.88 Å². The fourth-order valence-electron chi connectivity index (χ4n) is 2.00. The van der Waals surface area contributed by atoms with E-state index in [4.69, 9.17) is 5.11 Å². The molecule has 0 bridgehead atoms. The lowest BCUT2D eigenvalue weighted by molar-refractivity contribution is -0.122. The molecule has 6 heteroatoms. The first kappa shape index (κ1) is 15.9. The lowest BCUT2D eigenvalue weighted by Crippen LogP contribution is -2.39. The standard InChI is InChI=1S/C14H20N2O4/c1-4-5-9(2)15-12(17)8-16-10(3)6-7-11(13(16)18)14(19)20/h6-7,9H,4-5,8H2,1-3H3,(H,15,17)(H,19,20). The van der Waals surface area contributed by atoms with Gasteiger partial charge in [-0.15, -0.1) is 0 Å². The van der Waals surface area contributed by atoms with E-state index in [0.29, 0.717) is 5.69 Å². The Morgan fingerprint density at radius 3 is 2.60 bits per heavy atom. The van der Waals surface area contributed by atoms with Crippen LogP contribution in [0.2, 0.25) is 0 Å². The summed E-state index contributed by atoms with van der Waals surface area (Å²) in [7, 11) is 0. The molecule has 1 amide bonds. The summed E-state index contributed by atoms with van der Waals surface area (Å²) in [6, 6.07) is 2.81. The molecule has 0 saturated heterocycles. The largest absolute Gasteiger partial charge is 0.477 e. The summed E-state index contributed by atoms with van der Waals surface area (Å²) in [5.41, 5.74) is -0.431. The molecule has 0 aromatic carbocycles. The van der Waals surface area contributed by atoms with Gasteiger partial charge in [-0.1, -0.05) is 13.3 Å². The highest BCUT2D eigenvalue weighted by Gasteiger charge is 2.15. The minimum atomic E-state index is -1.29. The van der Waals surface area contributed by atoms with Crippen LogP contribution < -0.4 is 10.9 Å². The van der Waals surface area contributed by atoms with E-state index in [-0.39, 0.29) is 24.1 Å². The Kier molecular flexibility index (Phi) is 5.49. The molecule has 1 aromatic heterocycles. The minimum absolute atomic E-state index is 0.0335. The number of hydrogen-bond acceptors (Lipinski definition) is 3. The number of amides is 1. The van der Waals surface area contributed by atoms with Crippen molar-refractivity contribution >= 4 is 11.9 Å². The highest BCUT2D eigenvalue weighted by Crippen LogP contribution is 2.00. The van der Waals surface area contributed by atoms with Crippen LogP contribution >= 0.6 is 0 Å². The number of aryl methyl sites for hydroxylation is 1. The van der Waals surface area contributed by atoms with E-state index in [0.717, 1.165) is 12.8 Å².